The number of carboxylic acids is 1. The van der Waals surface area contributed by atoms with E-state index in [0.29, 0.717) is 6.54 Å². The van der Waals surface area contributed by atoms with Gasteiger partial charge in [-0.3, -0.25) is 14.5 Å². The van der Waals surface area contributed by atoms with Gasteiger partial charge in [-0.2, -0.15) is 0 Å². The molecule has 0 radical (unpaired) electrons. The van der Waals surface area contributed by atoms with Gasteiger partial charge < -0.3 is 10.0 Å². The summed E-state index contributed by atoms with van der Waals surface area (Å²) in [5, 5.41) is 8.63. The summed E-state index contributed by atoms with van der Waals surface area (Å²) in [5.41, 5.74) is 0. The van der Waals surface area contributed by atoms with Gasteiger partial charge in [0.25, 0.3) is 0 Å². The third-order valence-electron chi connectivity index (χ3n) is 3.66. The SMILES string of the molecule is CCC(CC)C(=O)N1CCN(CCC(=O)O)CC1. The van der Waals surface area contributed by atoms with Gasteiger partial charge in [0.15, 0.2) is 0 Å². The van der Waals surface area contributed by atoms with Crippen molar-refractivity contribution in [2.24, 2.45) is 5.92 Å². The molecule has 1 aliphatic rings. The Morgan fingerprint density at radius 1 is 1.11 bits per heavy atom. The zero-order valence-corrected chi connectivity index (χ0v) is 11.4. The first-order valence-electron chi connectivity index (χ1n) is 6.81. The van der Waals surface area contributed by atoms with Crippen LogP contribution in [0.4, 0.5) is 0 Å². The number of hydrogen-bond donors (Lipinski definition) is 1. The molecule has 0 bridgehead atoms. The van der Waals surface area contributed by atoms with Crippen LogP contribution >= 0.6 is 0 Å². The summed E-state index contributed by atoms with van der Waals surface area (Å²) in [4.78, 5) is 26.7. The highest BCUT2D eigenvalue weighted by Gasteiger charge is 2.25. The van der Waals surface area contributed by atoms with Crippen LogP contribution in [-0.2, 0) is 9.59 Å². The van der Waals surface area contributed by atoms with Crippen LogP contribution < -0.4 is 0 Å². The predicted molar refractivity (Wildman–Crippen MR) is 69.3 cm³/mol. The first-order chi connectivity index (χ1) is 8.58. The van der Waals surface area contributed by atoms with E-state index in [1.54, 1.807) is 0 Å². The number of carbonyl (C=O) groups is 2. The van der Waals surface area contributed by atoms with E-state index in [-0.39, 0.29) is 18.2 Å². The summed E-state index contributed by atoms with van der Waals surface area (Å²) in [6, 6.07) is 0. The second kappa shape index (κ2) is 7.36. The molecule has 0 aromatic heterocycles. The molecule has 5 heteroatoms. The van der Waals surface area contributed by atoms with Gasteiger partial charge in [0.2, 0.25) is 5.91 Å². The standard InChI is InChI=1S/C13H24N2O3/c1-3-11(4-2)13(18)15-9-7-14(8-10-15)6-5-12(16)17/h11H,3-10H2,1-2H3,(H,16,17). The fraction of sp³-hybridized carbons (Fsp3) is 0.846. The highest BCUT2D eigenvalue weighted by molar-refractivity contribution is 5.78. The van der Waals surface area contributed by atoms with Crippen molar-refractivity contribution in [1.29, 1.82) is 0 Å². The van der Waals surface area contributed by atoms with Crippen LogP contribution in [0.1, 0.15) is 33.1 Å². The minimum atomic E-state index is -0.759. The Kier molecular flexibility index (Phi) is 6.12. The van der Waals surface area contributed by atoms with Crippen LogP contribution in [0.2, 0.25) is 0 Å². The Bertz CT molecular complexity index is 282. The number of hydrogen-bond acceptors (Lipinski definition) is 3. The Morgan fingerprint density at radius 2 is 1.67 bits per heavy atom. The fourth-order valence-corrected chi connectivity index (χ4v) is 2.34. The summed E-state index contributed by atoms with van der Waals surface area (Å²) < 4.78 is 0. The van der Waals surface area contributed by atoms with Crippen molar-refractivity contribution in [3.05, 3.63) is 0 Å². The van der Waals surface area contributed by atoms with Gasteiger partial charge in [0.05, 0.1) is 6.42 Å². The van der Waals surface area contributed by atoms with Crippen LogP contribution in [0.15, 0.2) is 0 Å². The molecule has 1 aliphatic heterocycles. The summed E-state index contributed by atoms with van der Waals surface area (Å²) >= 11 is 0. The van der Waals surface area contributed by atoms with Crippen molar-refractivity contribution >= 4 is 11.9 Å². The molecule has 1 fully saturated rings. The van der Waals surface area contributed by atoms with Gasteiger partial charge in [0.1, 0.15) is 0 Å². The molecule has 1 N–H and O–H groups in total. The predicted octanol–water partition coefficient (Wildman–Crippen LogP) is 1.04. The average Bonchev–Trinajstić information content (AvgIpc) is 2.38. The van der Waals surface area contributed by atoms with Gasteiger partial charge in [-0.05, 0) is 12.8 Å². The fourth-order valence-electron chi connectivity index (χ4n) is 2.34. The second-order valence-electron chi connectivity index (χ2n) is 4.82. The zero-order valence-electron chi connectivity index (χ0n) is 11.4. The van der Waals surface area contributed by atoms with E-state index in [1.165, 1.54) is 0 Å². The maximum Gasteiger partial charge on any atom is 0.304 e. The Balaban J connectivity index is 2.34. The van der Waals surface area contributed by atoms with Crippen molar-refractivity contribution in [3.8, 4) is 0 Å². The second-order valence-corrected chi connectivity index (χ2v) is 4.82. The maximum absolute atomic E-state index is 12.1. The van der Waals surface area contributed by atoms with E-state index in [1.807, 2.05) is 4.90 Å². The number of piperazine rings is 1. The molecule has 1 heterocycles. The van der Waals surface area contributed by atoms with Crippen LogP contribution in [0, 0.1) is 5.92 Å². The lowest BCUT2D eigenvalue weighted by molar-refractivity contribution is -0.139. The summed E-state index contributed by atoms with van der Waals surface area (Å²) in [7, 11) is 0. The van der Waals surface area contributed by atoms with Crippen molar-refractivity contribution in [2.75, 3.05) is 32.7 Å². The zero-order chi connectivity index (χ0) is 13.5. The largest absolute Gasteiger partial charge is 0.481 e. The minimum Gasteiger partial charge on any atom is -0.481 e. The first kappa shape index (κ1) is 15.0. The lowest BCUT2D eigenvalue weighted by Gasteiger charge is -2.36. The van der Waals surface area contributed by atoms with Crippen molar-refractivity contribution < 1.29 is 14.7 Å². The lowest BCUT2D eigenvalue weighted by atomic mass is 10.0. The lowest BCUT2D eigenvalue weighted by Crippen LogP contribution is -2.50. The van der Waals surface area contributed by atoms with Crippen molar-refractivity contribution in [2.45, 2.75) is 33.1 Å². The van der Waals surface area contributed by atoms with Gasteiger partial charge in [-0.25, -0.2) is 0 Å². The average molecular weight is 256 g/mol. The van der Waals surface area contributed by atoms with Crippen molar-refractivity contribution in [3.63, 3.8) is 0 Å². The number of nitrogens with zero attached hydrogens (tertiary/aromatic N) is 2. The minimum absolute atomic E-state index is 0.149. The molecule has 0 aromatic rings. The highest BCUT2D eigenvalue weighted by Crippen LogP contribution is 2.14. The first-order valence-corrected chi connectivity index (χ1v) is 6.81. The molecular formula is C13H24N2O3. The third-order valence-corrected chi connectivity index (χ3v) is 3.66. The molecule has 1 amide bonds. The molecule has 0 aromatic carbocycles. The number of carbonyl (C=O) groups excluding carboxylic acids is 1. The summed E-state index contributed by atoms with van der Waals surface area (Å²) in [5.74, 6) is -0.348. The number of carboxylic acid groups (broad SMARTS) is 1. The molecule has 18 heavy (non-hydrogen) atoms. The molecule has 0 saturated carbocycles. The van der Waals surface area contributed by atoms with E-state index in [4.69, 9.17) is 5.11 Å². The quantitative estimate of drug-likeness (QED) is 0.771. The molecule has 1 saturated heterocycles. The van der Waals surface area contributed by atoms with Crippen molar-refractivity contribution in [1.82, 2.24) is 9.80 Å². The molecule has 1 rings (SSSR count). The smallest absolute Gasteiger partial charge is 0.304 e. The topological polar surface area (TPSA) is 60.9 Å². The molecule has 0 atom stereocenters. The molecule has 5 nitrogen and oxygen atoms in total. The Morgan fingerprint density at radius 3 is 2.11 bits per heavy atom. The van der Waals surface area contributed by atoms with Gasteiger partial charge >= 0.3 is 5.97 Å². The van der Waals surface area contributed by atoms with Crippen LogP contribution in [0.3, 0.4) is 0 Å². The number of amides is 1. The van der Waals surface area contributed by atoms with Gasteiger partial charge in [0, 0.05) is 38.6 Å². The monoisotopic (exact) mass is 256 g/mol. The van der Waals surface area contributed by atoms with E-state index in [0.717, 1.165) is 39.0 Å². The molecular weight excluding hydrogens is 232 g/mol. The molecule has 104 valence electrons. The highest BCUT2D eigenvalue weighted by atomic mass is 16.4. The van der Waals surface area contributed by atoms with E-state index in [9.17, 15) is 9.59 Å². The van der Waals surface area contributed by atoms with Crippen LogP contribution in [0.25, 0.3) is 0 Å². The van der Waals surface area contributed by atoms with Crippen LogP contribution in [-0.4, -0.2) is 59.5 Å². The van der Waals surface area contributed by atoms with E-state index < -0.39 is 5.97 Å². The molecule has 0 spiro atoms. The van der Waals surface area contributed by atoms with Gasteiger partial charge in [-0.15, -0.1) is 0 Å². The normalized spacial score (nSPS) is 17.2. The van der Waals surface area contributed by atoms with E-state index in [2.05, 4.69) is 18.7 Å². The number of rotatable bonds is 6. The van der Waals surface area contributed by atoms with Crippen LogP contribution in [0.5, 0.6) is 0 Å². The third kappa shape index (κ3) is 4.29. The molecule has 0 unspecified atom stereocenters. The van der Waals surface area contributed by atoms with Gasteiger partial charge in [-0.1, -0.05) is 13.8 Å². The summed E-state index contributed by atoms with van der Waals surface area (Å²) in [6.07, 6.45) is 1.98. The maximum atomic E-state index is 12.1. The Labute approximate surface area is 109 Å². The Hall–Kier alpha value is -1.10. The number of aliphatic carboxylic acids is 1. The summed E-state index contributed by atoms with van der Waals surface area (Å²) in [6.45, 7) is 7.73. The molecule has 0 aliphatic carbocycles. The van der Waals surface area contributed by atoms with E-state index >= 15 is 0 Å².